The zero-order valence-electron chi connectivity index (χ0n) is 15.3. The summed E-state index contributed by atoms with van der Waals surface area (Å²) >= 11 is 0. The first kappa shape index (κ1) is 16.2. The van der Waals surface area contributed by atoms with E-state index in [2.05, 4.69) is 24.3 Å². The molecule has 0 unspecified atom stereocenters. The van der Waals surface area contributed by atoms with Gasteiger partial charge in [0.25, 0.3) is 5.91 Å². The van der Waals surface area contributed by atoms with Crippen molar-refractivity contribution >= 4 is 5.91 Å². The Kier molecular flexibility index (Phi) is 3.97. The van der Waals surface area contributed by atoms with Crippen LogP contribution in [0.2, 0.25) is 0 Å². The second kappa shape index (κ2) is 5.89. The molecule has 1 aromatic rings. The molecule has 4 fully saturated rings. The maximum atomic E-state index is 12.8. The number of amides is 1. The molecule has 4 bridgehead atoms. The molecule has 0 saturated heterocycles. The van der Waals surface area contributed by atoms with Crippen molar-refractivity contribution in [1.29, 1.82) is 0 Å². The number of aromatic nitrogens is 2. The van der Waals surface area contributed by atoms with E-state index in [1.807, 2.05) is 13.1 Å². The molecule has 1 N–H and O–H groups in total. The van der Waals surface area contributed by atoms with Gasteiger partial charge in [0.05, 0.1) is 5.69 Å². The van der Waals surface area contributed by atoms with Crippen molar-refractivity contribution in [3.63, 3.8) is 0 Å². The van der Waals surface area contributed by atoms with E-state index in [0.717, 1.165) is 36.3 Å². The molecule has 0 spiro atoms. The Bertz CT molecular complexity index is 598. The van der Waals surface area contributed by atoms with E-state index in [0.29, 0.717) is 11.1 Å². The number of hydrogen-bond donors (Lipinski definition) is 1. The van der Waals surface area contributed by atoms with Gasteiger partial charge in [0, 0.05) is 13.1 Å². The minimum Gasteiger partial charge on any atom is -0.348 e. The highest BCUT2D eigenvalue weighted by Crippen LogP contribution is 2.61. The van der Waals surface area contributed by atoms with Gasteiger partial charge in [-0.2, -0.15) is 5.10 Å². The lowest BCUT2D eigenvalue weighted by Gasteiger charge is -2.59. The normalized spacial score (nSPS) is 35.2. The van der Waals surface area contributed by atoms with Crippen LogP contribution < -0.4 is 5.32 Å². The minimum absolute atomic E-state index is 0.0515. The fourth-order valence-corrected chi connectivity index (χ4v) is 6.25. The van der Waals surface area contributed by atoms with Crippen molar-refractivity contribution in [1.82, 2.24) is 15.1 Å². The minimum atomic E-state index is 0.0515. The summed E-state index contributed by atoms with van der Waals surface area (Å²) in [6, 6.07) is 2.23. The van der Waals surface area contributed by atoms with Crippen molar-refractivity contribution in [3.8, 4) is 0 Å². The van der Waals surface area contributed by atoms with Crippen LogP contribution in [-0.2, 0) is 13.5 Å². The van der Waals surface area contributed by atoms with Gasteiger partial charge in [0.2, 0.25) is 0 Å². The zero-order valence-corrected chi connectivity index (χ0v) is 15.3. The molecule has 4 aliphatic rings. The van der Waals surface area contributed by atoms with Gasteiger partial charge >= 0.3 is 0 Å². The number of carbonyl (C=O) groups is 1. The number of carbonyl (C=O) groups excluding carboxylic acids is 1. The van der Waals surface area contributed by atoms with E-state index in [1.54, 1.807) is 4.68 Å². The number of rotatable bonds is 5. The number of nitrogens with one attached hydrogen (secondary N) is 1. The van der Waals surface area contributed by atoms with Crippen LogP contribution in [-0.4, -0.2) is 21.7 Å². The van der Waals surface area contributed by atoms with Crippen molar-refractivity contribution in [2.45, 2.75) is 71.3 Å². The molecule has 0 aromatic carbocycles. The zero-order chi connectivity index (χ0) is 16.9. The van der Waals surface area contributed by atoms with E-state index in [1.165, 1.54) is 38.5 Å². The Morgan fingerprint density at radius 2 is 1.88 bits per heavy atom. The largest absolute Gasteiger partial charge is 0.348 e. The first-order valence-electron chi connectivity index (χ1n) is 9.83. The van der Waals surface area contributed by atoms with Crippen LogP contribution in [0.15, 0.2) is 6.07 Å². The average molecular weight is 329 g/mol. The number of aryl methyl sites for hydroxylation is 2. The molecule has 1 atom stereocenters. The van der Waals surface area contributed by atoms with E-state index >= 15 is 0 Å². The first-order chi connectivity index (χ1) is 11.5. The quantitative estimate of drug-likeness (QED) is 0.895. The fraction of sp³-hybridized carbons (Fsp3) is 0.800. The van der Waals surface area contributed by atoms with Crippen LogP contribution in [0.5, 0.6) is 0 Å². The van der Waals surface area contributed by atoms with Crippen LogP contribution in [0.25, 0.3) is 0 Å². The standard InChI is InChI=1S/C20H31N3O/c1-4-5-17-9-18(23(3)22-17)19(24)21-13(2)20-10-14-6-15(11-20)8-16(7-14)12-20/h9,13-16H,4-8,10-12H2,1-3H3,(H,21,24)/t13-,14?,15?,16?,20?/m1/s1. The van der Waals surface area contributed by atoms with Gasteiger partial charge in [0.1, 0.15) is 5.69 Å². The molecular formula is C20H31N3O. The summed E-state index contributed by atoms with van der Waals surface area (Å²) in [5, 5.41) is 7.83. The number of hydrogen-bond acceptors (Lipinski definition) is 2. The highest BCUT2D eigenvalue weighted by atomic mass is 16.2. The summed E-state index contributed by atoms with van der Waals surface area (Å²) in [7, 11) is 1.88. The Morgan fingerprint density at radius 1 is 1.29 bits per heavy atom. The topological polar surface area (TPSA) is 46.9 Å². The second-order valence-corrected chi connectivity index (χ2v) is 8.87. The summed E-state index contributed by atoms with van der Waals surface area (Å²) in [5.41, 5.74) is 2.08. The molecule has 1 aromatic heterocycles. The first-order valence-corrected chi connectivity index (χ1v) is 9.83. The SMILES string of the molecule is CCCc1cc(C(=O)N[C@H](C)C23CC4CC(CC(C4)C2)C3)n(C)n1. The summed E-state index contributed by atoms with van der Waals surface area (Å²) < 4.78 is 1.74. The molecule has 0 aliphatic heterocycles. The molecule has 1 amide bonds. The lowest BCUT2D eigenvalue weighted by molar-refractivity contribution is -0.0688. The van der Waals surface area contributed by atoms with E-state index in [4.69, 9.17) is 0 Å². The van der Waals surface area contributed by atoms with Gasteiger partial charge in [0.15, 0.2) is 0 Å². The predicted octanol–water partition coefficient (Wildman–Crippen LogP) is 3.71. The maximum absolute atomic E-state index is 12.8. The molecule has 1 heterocycles. The van der Waals surface area contributed by atoms with Crippen molar-refractivity contribution in [2.75, 3.05) is 0 Å². The van der Waals surface area contributed by atoms with E-state index < -0.39 is 0 Å². The fourth-order valence-electron chi connectivity index (χ4n) is 6.25. The third-order valence-corrected chi connectivity index (χ3v) is 7.02. The van der Waals surface area contributed by atoms with Gasteiger partial charge in [-0.15, -0.1) is 0 Å². The lowest BCUT2D eigenvalue weighted by atomic mass is 9.48. The molecule has 5 rings (SSSR count). The lowest BCUT2D eigenvalue weighted by Crippen LogP contribution is -2.55. The van der Waals surface area contributed by atoms with Crippen LogP contribution in [0.1, 0.15) is 75.0 Å². The molecule has 4 heteroatoms. The highest BCUT2D eigenvalue weighted by Gasteiger charge is 2.53. The van der Waals surface area contributed by atoms with E-state index in [-0.39, 0.29) is 11.9 Å². The Hall–Kier alpha value is -1.32. The summed E-state index contributed by atoms with van der Waals surface area (Å²) in [4.78, 5) is 12.8. The average Bonchev–Trinajstić information content (AvgIpc) is 2.87. The van der Waals surface area contributed by atoms with Crippen molar-refractivity contribution in [3.05, 3.63) is 17.5 Å². The molecule has 0 radical (unpaired) electrons. The van der Waals surface area contributed by atoms with Gasteiger partial charge in [-0.1, -0.05) is 13.3 Å². The Morgan fingerprint density at radius 3 is 2.42 bits per heavy atom. The second-order valence-electron chi connectivity index (χ2n) is 8.87. The Labute approximate surface area is 145 Å². The molecule has 24 heavy (non-hydrogen) atoms. The third kappa shape index (κ3) is 2.68. The van der Waals surface area contributed by atoms with Crippen LogP contribution >= 0.6 is 0 Å². The summed E-state index contributed by atoms with van der Waals surface area (Å²) in [5.74, 6) is 2.81. The third-order valence-electron chi connectivity index (χ3n) is 7.02. The summed E-state index contributed by atoms with van der Waals surface area (Å²) in [6.07, 6.45) is 10.3. The Balaban J connectivity index is 1.48. The van der Waals surface area contributed by atoms with Crippen LogP contribution in [0.4, 0.5) is 0 Å². The monoisotopic (exact) mass is 329 g/mol. The predicted molar refractivity (Wildman–Crippen MR) is 94.7 cm³/mol. The van der Waals surface area contributed by atoms with Crippen LogP contribution in [0.3, 0.4) is 0 Å². The van der Waals surface area contributed by atoms with Gasteiger partial charge in [-0.3, -0.25) is 9.48 Å². The molecule has 132 valence electrons. The van der Waals surface area contributed by atoms with Crippen molar-refractivity contribution in [2.24, 2.45) is 30.2 Å². The molecular weight excluding hydrogens is 298 g/mol. The smallest absolute Gasteiger partial charge is 0.269 e. The molecule has 4 nitrogen and oxygen atoms in total. The summed E-state index contributed by atoms with van der Waals surface area (Å²) in [6.45, 7) is 4.39. The molecule has 4 aliphatic carbocycles. The van der Waals surface area contributed by atoms with Gasteiger partial charge in [-0.25, -0.2) is 0 Å². The van der Waals surface area contributed by atoms with Gasteiger partial charge < -0.3 is 5.32 Å². The molecule has 4 saturated carbocycles. The van der Waals surface area contributed by atoms with E-state index in [9.17, 15) is 4.79 Å². The van der Waals surface area contributed by atoms with Crippen molar-refractivity contribution < 1.29 is 4.79 Å². The maximum Gasteiger partial charge on any atom is 0.269 e. The highest BCUT2D eigenvalue weighted by molar-refractivity contribution is 5.92. The van der Waals surface area contributed by atoms with Gasteiger partial charge in [-0.05, 0) is 81.1 Å². The number of nitrogens with zero attached hydrogens (tertiary/aromatic N) is 2. The van der Waals surface area contributed by atoms with Crippen LogP contribution in [0, 0.1) is 23.2 Å².